The van der Waals surface area contributed by atoms with Crippen molar-refractivity contribution in [1.82, 2.24) is 19.9 Å². The molecule has 1 aliphatic heterocycles. The fraction of sp³-hybridized carbons (Fsp3) is 0.609. The largest absolute Gasteiger partial charge is 0.379 e. The molecule has 0 spiro atoms. The first kappa shape index (κ1) is 22.2. The molecule has 1 amide bonds. The molecule has 0 atom stereocenters. The molecule has 1 aromatic heterocycles. The second-order valence-corrected chi connectivity index (χ2v) is 8.82. The van der Waals surface area contributed by atoms with Crippen molar-refractivity contribution in [1.29, 1.82) is 0 Å². The summed E-state index contributed by atoms with van der Waals surface area (Å²) in [4.78, 5) is 22.1. The Bertz CT molecular complexity index is 847. The van der Waals surface area contributed by atoms with Crippen molar-refractivity contribution in [2.24, 2.45) is 5.92 Å². The Kier molecular flexibility index (Phi) is 7.94. The van der Waals surface area contributed by atoms with Crippen molar-refractivity contribution in [3.8, 4) is 11.4 Å². The van der Waals surface area contributed by atoms with Crippen molar-refractivity contribution in [3.05, 3.63) is 35.2 Å². The molecule has 2 fully saturated rings. The summed E-state index contributed by atoms with van der Waals surface area (Å²) < 4.78 is 10.9. The molecule has 0 N–H and O–H groups in total. The van der Waals surface area contributed by atoms with E-state index in [1.807, 2.05) is 29.2 Å². The Labute approximate surface area is 188 Å². The minimum Gasteiger partial charge on any atom is -0.379 e. The number of amides is 1. The van der Waals surface area contributed by atoms with Gasteiger partial charge in [0.1, 0.15) is 0 Å². The zero-order valence-electron chi connectivity index (χ0n) is 18.0. The predicted octanol–water partition coefficient (Wildman–Crippen LogP) is 3.67. The number of nitrogens with zero attached hydrogens (tertiary/aromatic N) is 4. The number of rotatable bonds is 9. The lowest BCUT2D eigenvalue weighted by Gasteiger charge is -2.29. The highest BCUT2D eigenvalue weighted by Gasteiger charge is 2.27. The number of hydrogen-bond donors (Lipinski definition) is 0. The van der Waals surface area contributed by atoms with Crippen LogP contribution in [0.2, 0.25) is 5.02 Å². The molecule has 0 bridgehead atoms. The number of halogens is 1. The van der Waals surface area contributed by atoms with E-state index in [4.69, 9.17) is 20.9 Å². The van der Waals surface area contributed by atoms with Gasteiger partial charge in [-0.25, -0.2) is 0 Å². The summed E-state index contributed by atoms with van der Waals surface area (Å²) in [6.07, 6.45) is 5.87. The zero-order valence-corrected chi connectivity index (χ0v) is 18.7. The molecular weight excluding hydrogens is 416 g/mol. The van der Waals surface area contributed by atoms with E-state index in [-0.39, 0.29) is 11.8 Å². The van der Waals surface area contributed by atoms with Gasteiger partial charge in [-0.15, -0.1) is 0 Å². The van der Waals surface area contributed by atoms with E-state index in [1.54, 1.807) is 0 Å². The van der Waals surface area contributed by atoms with Gasteiger partial charge < -0.3 is 14.2 Å². The van der Waals surface area contributed by atoms with Crippen LogP contribution in [0.25, 0.3) is 11.4 Å². The molecule has 1 saturated heterocycles. The molecule has 4 rings (SSSR count). The molecule has 2 aliphatic rings. The fourth-order valence-corrected chi connectivity index (χ4v) is 4.60. The van der Waals surface area contributed by atoms with Crippen molar-refractivity contribution >= 4 is 17.5 Å². The van der Waals surface area contributed by atoms with Crippen molar-refractivity contribution in [2.45, 2.75) is 38.5 Å². The van der Waals surface area contributed by atoms with Crippen LogP contribution in [-0.4, -0.2) is 71.8 Å². The van der Waals surface area contributed by atoms with E-state index in [2.05, 4.69) is 15.0 Å². The lowest BCUT2D eigenvalue weighted by molar-refractivity contribution is -0.135. The van der Waals surface area contributed by atoms with Crippen molar-refractivity contribution < 1.29 is 14.1 Å². The maximum Gasteiger partial charge on any atom is 0.228 e. The van der Waals surface area contributed by atoms with Gasteiger partial charge in [-0.2, -0.15) is 4.98 Å². The lowest BCUT2D eigenvalue weighted by atomic mass is 10.1. The average molecular weight is 447 g/mol. The highest BCUT2D eigenvalue weighted by atomic mass is 35.5. The first-order chi connectivity index (χ1) is 15.2. The van der Waals surface area contributed by atoms with Crippen LogP contribution in [0.5, 0.6) is 0 Å². The number of hydrogen-bond acceptors (Lipinski definition) is 6. The lowest BCUT2D eigenvalue weighted by Crippen LogP contribution is -2.41. The molecule has 1 aliphatic carbocycles. The molecule has 168 valence electrons. The Morgan fingerprint density at radius 1 is 1.19 bits per heavy atom. The first-order valence-electron chi connectivity index (χ1n) is 11.4. The Morgan fingerprint density at radius 2 is 2.00 bits per heavy atom. The van der Waals surface area contributed by atoms with Crippen LogP contribution >= 0.6 is 11.6 Å². The highest BCUT2D eigenvalue weighted by molar-refractivity contribution is 6.30. The number of carbonyl (C=O) groups excluding carboxylic acids is 1. The molecular formula is C23H31ClN4O3. The minimum absolute atomic E-state index is 0.174. The van der Waals surface area contributed by atoms with Gasteiger partial charge in [0.2, 0.25) is 17.6 Å². The summed E-state index contributed by atoms with van der Waals surface area (Å²) in [5.41, 5.74) is 0.826. The SMILES string of the molecule is O=C(C1CCCC1)N(CCCN1CCOCC1)CCc1nc(-c2cccc(Cl)c2)no1. The minimum atomic E-state index is 0.174. The number of ether oxygens (including phenoxy) is 1. The average Bonchev–Trinajstić information content (AvgIpc) is 3.49. The molecule has 0 radical (unpaired) electrons. The van der Waals surface area contributed by atoms with Crippen molar-refractivity contribution in [2.75, 3.05) is 45.9 Å². The Morgan fingerprint density at radius 3 is 2.77 bits per heavy atom. The number of morpholine rings is 1. The number of benzene rings is 1. The Balaban J connectivity index is 1.34. The smallest absolute Gasteiger partial charge is 0.228 e. The number of carbonyl (C=O) groups is 1. The molecule has 1 saturated carbocycles. The molecule has 7 nitrogen and oxygen atoms in total. The van der Waals surface area contributed by atoms with Crippen LogP contribution in [-0.2, 0) is 16.0 Å². The van der Waals surface area contributed by atoms with Gasteiger partial charge in [-0.1, -0.05) is 41.7 Å². The van der Waals surface area contributed by atoms with E-state index in [0.29, 0.717) is 29.7 Å². The van der Waals surface area contributed by atoms with E-state index < -0.39 is 0 Å². The van der Waals surface area contributed by atoms with Crippen LogP contribution < -0.4 is 0 Å². The predicted molar refractivity (Wildman–Crippen MR) is 119 cm³/mol. The van der Waals surface area contributed by atoms with Gasteiger partial charge in [0.25, 0.3) is 0 Å². The summed E-state index contributed by atoms with van der Waals surface area (Å²) in [6, 6.07) is 7.40. The zero-order chi connectivity index (χ0) is 21.5. The second-order valence-electron chi connectivity index (χ2n) is 8.39. The van der Waals surface area contributed by atoms with E-state index >= 15 is 0 Å². The summed E-state index contributed by atoms with van der Waals surface area (Å²) in [5, 5.41) is 4.72. The monoisotopic (exact) mass is 446 g/mol. The normalized spacial score (nSPS) is 17.8. The molecule has 31 heavy (non-hydrogen) atoms. The van der Waals surface area contributed by atoms with Gasteiger partial charge in [-0.3, -0.25) is 9.69 Å². The van der Waals surface area contributed by atoms with Gasteiger partial charge in [0.15, 0.2) is 0 Å². The fourth-order valence-electron chi connectivity index (χ4n) is 4.40. The van der Waals surface area contributed by atoms with Crippen LogP contribution in [0.15, 0.2) is 28.8 Å². The standard InChI is InChI=1S/C23H31ClN4O3/c24-20-8-3-7-19(17-20)22-25-21(31-26-22)9-12-28(23(29)18-5-1-2-6-18)11-4-10-27-13-15-30-16-14-27/h3,7-8,17-18H,1-2,4-6,9-16H2. The molecule has 2 aromatic rings. The topological polar surface area (TPSA) is 71.7 Å². The Hall–Kier alpha value is -1.96. The van der Waals surface area contributed by atoms with Gasteiger partial charge in [0, 0.05) is 55.6 Å². The quantitative estimate of drug-likeness (QED) is 0.585. The van der Waals surface area contributed by atoms with Gasteiger partial charge in [0.05, 0.1) is 13.2 Å². The second kappa shape index (κ2) is 11.1. The summed E-state index contributed by atoms with van der Waals surface area (Å²) >= 11 is 6.07. The summed E-state index contributed by atoms with van der Waals surface area (Å²) in [7, 11) is 0. The first-order valence-corrected chi connectivity index (χ1v) is 11.7. The summed E-state index contributed by atoms with van der Waals surface area (Å²) in [6.45, 7) is 5.93. The van der Waals surface area contributed by atoms with Crippen LogP contribution in [0, 0.1) is 5.92 Å². The van der Waals surface area contributed by atoms with Crippen LogP contribution in [0.3, 0.4) is 0 Å². The maximum absolute atomic E-state index is 13.1. The van der Waals surface area contributed by atoms with Crippen LogP contribution in [0.1, 0.15) is 38.0 Å². The summed E-state index contributed by atoms with van der Waals surface area (Å²) in [5.74, 6) is 1.54. The number of aromatic nitrogens is 2. The molecule has 2 heterocycles. The van der Waals surface area contributed by atoms with E-state index in [0.717, 1.165) is 77.1 Å². The molecule has 1 aromatic carbocycles. The van der Waals surface area contributed by atoms with Crippen LogP contribution in [0.4, 0.5) is 0 Å². The molecule has 8 heteroatoms. The van der Waals surface area contributed by atoms with Gasteiger partial charge in [-0.05, 0) is 31.4 Å². The van der Waals surface area contributed by atoms with E-state index in [9.17, 15) is 4.79 Å². The van der Waals surface area contributed by atoms with Gasteiger partial charge >= 0.3 is 0 Å². The third kappa shape index (κ3) is 6.28. The third-order valence-electron chi connectivity index (χ3n) is 6.17. The molecule has 0 unspecified atom stereocenters. The highest BCUT2D eigenvalue weighted by Crippen LogP contribution is 2.27. The third-order valence-corrected chi connectivity index (χ3v) is 6.40. The van der Waals surface area contributed by atoms with Crippen molar-refractivity contribution in [3.63, 3.8) is 0 Å². The van der Waals surface area contributed by atoms with E-state index in [1.165, 1.54) is 0 Å². The maximum atomic E-state index is 13.1.